The number of carboxylic acid groups (broad SMARTS) is 1. The summed E-state index contributed by atoms with van der Waals surface area (Å²) < 4.78 is 0. The van der Waals surface area contributed by atoms with Crippen LogP contribution in [0, 0.1) is 0 Å². The Morgan fingerprint density at radius 1 is 1.35 bits per heavy atom. The van der Waals surface area contributed by atoms with Gasteiger partial charge in [0.05, 0.1) is 6.04 Å². The molecule has 0 aromatic carbocycles. The largest absolute Gasteiger partial charge is 0.481 e. The fraction of sp³-hybridized carbons (Fsp3) is 0.818. The van der Waals surface area contributed by atoms with E-state index in [1.54, 1.807) is 0 Å². The number of nitrogens with two attached hydrogens (primary N) is 1. The Balaban J connectivity index is 2.08. The maximum Gasteiger partial charge on any atom is 0.303 e. The number of amides is 1. The van der Waals surface area contributed by atoms with Crippen LogP contribution in [0.2, 0.25) is 0 Å². The quantitative estimate of drug-likeness (QED) is 0.554. The summed E-state index contributed by atoms with van der Waals surface area (Å²) in [5, 5.41) is 11.2. The first kappa shape index (κ1) is 13.9. The molecule has 1 rings (SSSR count). The third-order valence-electron chi connectivity index (χ3n) is 2.93. The second kappa shape index (κ2) is 7.24. The van der Waals surface area contributed by atoms with Gasteiger partial charge in [0.25, 0.3) is 0 Å². The number of hydrogen-bond donors (Lipinski definition) is 3. The van der Waals surface area contributed by atoms with Crippen molar-refractivity contribution in [3.05, 3.63) is 0 Å². The molecule has 1 aliphatic rings. The minimum atomic E-state index is -0.926. The van der Waals surface area contributed by atoms with Crippen LogP contribution in [-0.4, -0.2) is 54.1 Å². The summed E-state index contributed by atoms with van der Waals surface area (Å²) in [5.74, 6) is -1.18. The zero-order valence-electron chi connectivity index (χ0n) is 10.0. The lowest BCUT2D eigenvalue weighted by atomic mass is 10.1. The topological polar surface area (TPSA) is 95.7 Å². The molecular formula is C11H21N3O3. The minimum Gasteiger partial charge on any atom is -0.481 e. The first-order valence-electron chi connectivity index (χ1n) is 6.07. The summed E-state index contributed by atoms with van der Waals surface area (Å²) in [5.41, 5.74) is 5.57. The van der Waals surface area contributed by atoms with Crippen LogP contribution in [0.4, 0.5) is 0 Å². The number of carbonyl (C=O) groups excluding carboxylic acids is 1. The number of carboxylic acids is 1. The van der Waals surface area contributed by atoms with Gasteiger partial charge in [0.1, 0.15) is 0 Å². The van der Waals surface area contributed by atoms with E-state index in [1.165, 1.54) is 12.8 Å². The zero-order valence-corrected chi connectivity index (χ0v) is 10.0. The molecule has 98 valence electrons. The number of nitrogens with one attached hydrogen (secondary N) is 1. The maximum atomic E-state index is 11.5. The van der Waals surface area contributed by atoms with Crippen molar-refractivity contribution in [3.8, 4) is 0 Å². The molecule has 0 aromatic heterocycles. The van der Waals surface area contributed by atoms with E-state index in [2.05, 4.69) is 10.2 Å². The van der Waals surface area contributed by atoms with Crippen LogP contribution >= 0.6 is 0 Å². The van der Waals surface area contributed by atoms with E-state index in [4.69, 9.17) is 10.8 Å². The van der Waals surface area contributed by atoms with E-state index >= 15 is 0 Å². The maximum absolute atomic E-state index is 11.5. The SMILES string of the molecule is NC(CCC(=O)O)C(=O)NCCN1CCCC1. The van der Waals surface area contributed by atoms with Crippen molar-refractivity contribution in [3.63, 3.8) is 0 Å². The highest BCUT2D eigenvalue weighted by atomic mass is 16.4. The molecule has 1 unspecified atom stereocenters. The summed E-state index contributed by atoms with van der Waals surface area (Å²) in [6.45, 7) is 3.62. The normalized spacial score (nSPS) is 17.9. The van der Waals surface area contributed by atoms with Gasteiger partial charge in [0.2, 0.25) is 5.91 Å². The molecule has 0 aliphatic carbocycles. The molecule has 1 fully saturated rings. The monoisotopic (exact) mass is 243 g/mol. The molecular weight excluding hydrogens is 222 g/mol. The van der Waals surface area contributed by atoms with Crippen molar-refractivity contribution in [2.45, 2.75) is 31.7 Å². The predicted molar refractivity (Wildman–Crippen MR) is 63.5 cm³/mol. The molecule has 0 aromatic rings. The van der Waals surface area contributed by atoms with Crippen molar-refractivity contribution >= 4 is 11.9 Å². The van der Waals surface area contributed by atoms with Crippen LogP contribution in [0.15, 0.2) is 0 Å². The zero-order chi connectivity index (χ0) is 12.7. The van der Waals surface area contributed by atoms with E-state index in [-0.39, 0.29) is 18.7 Å². The molecule has 0 bridgehead atoms. The number of hydrogen-bond acceptors (Lipinski definition) is 4. The molecule has 17 heavy (non-hydrogen) atoms. The molecule has 6 nitrogen and oxygen atoms in total. The van der Waals surface area contributed by atoms with E-state index in [0.717, 1.165) is 19.6 Å². The van der Waals surface area contributed by atoms with Crippen molar-refractivity contribution < 1.29 is 14.7 Å². The minimum absolute atomic E-state index is 0.0687. The van der Waals surface area contributed by atoms with Crippen LogP contribution in [-0.2, 0) is 9.59 Å². The number of likely N-dealkylation sites (tertiary alicyclic amines) is 1. The van der Waals surface area contributed by atoms with Crippen LogP contribution in [0.25, 0.3) is 0 Å². The van der Waals surface area contributed by atoms with Gasteiger partial charge < -0.3 is 21.1 Å². The Hall–Kier alpha value is -1.14. The van der Waals surface area contributed by atoms with E-state index in [0.29, 0.717) is 6.54 Å². The summed E-state index contributed by atoms with van der Waals surface area (Å²) in [4.78, 5) is 24.1. The molecule has 1 aliphatic heterocycles. The van der Waals surface area contributed by atoms with Crippen LogP contribution < -0.4 is 11.1 Å². The standard InChI is InChI=1S/C11H21N3O3/c12-9(3-4-10(15)16)11(17)13-5-8-14-6-1-2-7-14/h9H,1-8,12H2,(H,13,17)(H,15,16). The fourth-order valence-corrected chi connectivity index (χ4v) is 1.88. The highest BCUT2D eigenvalue weighted by Gasteiger charge is 2.15. The van der Waals surface area contributed by atoms with Crippen LogP contribution in [0.3, 0.4) is 0 Å². The lowest BCUT2D eigenvalue weighted by molar-refractivity contribution is -0.137. The number of carbonyl (C=O) groups is 2. The molecule has 1 atom stereocenters. The lowest BCUT2D eigenvalue weighted by Gasteiger charge is -2.16. The molecule has 6 heteroatoms. The van der Waals surface area contributed by atoms with Crippen LogP contribution in [0.5, 0.6) is 0 Å². The Bertz CT molecular complexity index is 265. The predicted octanol–water partition coefficient (Wildman–Crippen LogP) is -0.609. The smallest absolute Gasteiger partial charge is 0.303 e. The second-order valence-electron chi connectivity index (χ2n) is 4.38. The van der Waals surface area contributed by atoms with E-state index < -0.39 is 12.0 Å². The van der Waals surface area contributed by atoms with Crippen molar-refractivity contribution in [1.29, 1.82) is 0 Å². The average molecular weight is 243 g/mol. The van der Waals surface area contributed by atoms with Crippen LogP contribution in [0.1, 0.15) is 25.7 Å². The lowest BCUT2D eigenvalue weighted by Crippen LogP contribution is -2.43. The first-order valence-corrected chi connectivity index (χ1v) is 6.07. The van der Waals surface area contributed by atoms with Crippen molar-refractivity contribution in [2.75, 3.05) is 26.2 Å². The Morgan fingerprint density at radius 2 is 2.00 bits per heavy atom. The summed E-state index contributed by atoms with van der Waals surface area (Å²) >= 11 is 0. The molecule has 0 spiro atoms. The molecule has 0 radical (unpaired) electrons. The third-order valence-corrected chi connectivity index (χ3v) is 2.93. The highest BCUT2D eigenvalue weighted by Crippen LogP contribution is 2.05. The van der Waals surface area contributed by atoms with Gasteiger partial charge >= 0.3 is 5.97 Å². The summed E-state index contributed by atoms with van der Waals surface area (Å²) in [7, 11) is 0. The third kappa shape index (κ3) is 5.65. The van der Waals surface area contributed by atoms with Crippen molar-refractivity contribution in [1.82, 2.24) is 10.2 Å². The summed E-state index contributed by atoms with van der Waals surface area (Å²) in [6, 6.07) is -0.718. The fourth-order valence-electron chi connectivity index (χ4n) is 1.88. The molecule has 1 heterocycles. The van der Waals surface area contributed by atoms with Gasteiger partial charge in [-0.05, 0) is 32.4 Å². The van der Waals surface area contributed by atoms with Gasteiger partial charge in [0.15, 0.2) is 0 Å². The average Bonchev–Trinajstić information content (AvgIpc) is 2.78. The van der Waals surface area contributed by atoms with Crippen molar-refractivity contribution in [2.24, 2.45) is 5.73 Å². The van der Waals surface area contributed by atoms with E-state index in [9.17, 15) is 9.59 Å². The van der Waals surface area contributed by atoms with Gasteiger partial charge in [-0.25, -0.2) is 0 Å². The second-order valence-corrected chi connectivity index (χ2v) is 4.38. The molecule has 1 saturated heterocycles. The Kier molecular flexibility index (Phi) is 5.93. The molecule has 4 N–H and O–H groups in total. The number of nitrogens with zero attached hydrogens (tertiary/aromatic N) is 1. The molecule has 1 amide bonds. The number of aliphatic carboxylic acids is 1. The van der Waals surface area contributed by atoms with E-state index in [1.807, 2.05) is 0 Å². The first-order chi connectivity index (χ1) is 8.09. The number of rotatable bonds is 7. The van der Waals surface area contributed by atoms with Gasteiger partial charge in [-0.1, -0.05) is 0 Å². The van der Waals surface area contributed by atoms with Gasteiger partial charge in [-0.2, -0.15) is 0 Å². The Morgan fingerprint density at radius 3 is 2.59 bits per heavy atom. The highest BCUT2D eigenvalue weighted by molar-refractivity contribution is 5.82. The molecule has 0 saturated carbocycles. The summed E-state index contributed by atoms with van der Waals surface area (Å²) in [6.07, 6.45) is 2.57. The van der Waals surface area contributed by atoms with Gasteiger partial charge in [-0.3, -0.25) is 9.59 Å². The van der Waals surface area contributed by atoms with Gasteiger partial charge in [0, 0.05) is 19.5 Å². The Labute approximate surface area is 101 Å². The van der Waals surface area contributed by atoms with Gasteiger partial charge in [-0.15, -0.1) is 0 Å².